The summed E-state index contributed by atoms with van der Waals surface area (Å²) in [6, 6.07) is 6.20. The molecule has 2 aromatic rings. The van der Waals surface area contributed by atoms with Gasteiger partial charge in [0.15, 0.2) is 0 Å². The third-order valence-electron chi connectivity index (χ3n) is 7.66. The Morgan fingerprint density at radius 3 is 2.46 bits per heavy atom. The van der Waals surface area contributed by atoms with Crippen LogP contribution in [0.2, 0.25) is 20.1 Å². The number of anilines is 2. The first kappa shape index (κ1) is 28.4. The van der Waals surface area contributed by atoms with Crippen molar-refractivity contribution in [2.24, 2.45) is 11.8 Å². The van der Waals surface area contributed by atoms with Crippen molar-refractivity contribution in [2.75, 3.05) is 30.4 Å². The summed E-state index contributed by atoms with van der Waals surface area (Å²) in [5.41, 5.74) is -1.10. The third kappa shape index (κ3) is 4.47. The van der Waals surface area contributed by atoms with Gasteiger partial charge in [0.05, 0.1) is 29.1 Å². The maximum atomic E-state index is 15.1. The van der Waals surface area contributed by atoms with Gasteiger partial charge in [-0.05, 0) is 30.3 Å². The maximum absolute atomic E-state index is 15.1. The molecular weight excluding hydrogens is 598 g/mol. The summed E-state index contributed by atoms with van der Waals surface area (Å²) in [7, 11) is 1.43. The molecule has 13 heteroatoms. The number of nitrogens with one attached hydrogen (secondary N) is 1. The van der Waals surface area contributed by atoms with Crippen LogP contribution in [0.1, 0.15) is 12.0 Å². The van der Waals surface area contributed by atoms with E-state index >= 15 is 8.78 Å². The van der Waals surface area contributed by atoms with Crippen molar-refractivity contribution in [3.05, 3.63) is 68.6 Å². The second kappa shape index (κ2) is 10.0. The van der Waals surface area contributed by atoms with Gasteiger partial charge in [0, 0.05) is 45.8 Å². The van der Waals surface area contributed by atoms with E-state index in [1.807, 2.05) is 0 Å². The van der Waals surface area contributed by atoms with Crippen molar-refractivity contribution in [2.45, 2.75) is 30.2 Å². The fraction of sp³-hybridized carbons (Fsp3) is 0.385. The highest BCUT2D eigenvalue weighted by Gasteiger charge is 2.74. The summed E-state index contributed by atoms with van der Waals surface area (Å²) in [4.78, 5) is 30.5. The molecule has 3 heterocycles. The molecule has 2 aromatic carbocycles. The summed E-state index contributed by atoms with van der Waals surface area (Å²) in [5.74, 6) is -7.53. The highest BCUT2D eigenvalue weighted by Crippen LogP contribution is 2.62. The standard InChI is InChI=1S/C26H23Cl4F2N3O4/c1-3-4-39-23(37)20-19(22(36)34(2)15-6-12(27)5-13(28)7-15)18-10-25(31,32)11-35(18)26(20)16-8-14(29)9-17(30)21(16)33-24(26)38/h3,5-9,18-20,24,33,38H,1,4,10-11H2,2H3/t18-,19+,20-,24-,26?/m1/s1. The Morgan fingerprint density at radius 2 is 1.82 bits per heavy atom. The first-order valence-corrected chi connectivity index (χ1v) is 13.4. The molecule has 0 aromatic heterocycles. The number of aliphatic hydroxyl groups is 1. The van der Waals surface area contributed by atoms with E-state index in [9.17, 15) is 14.7 Å². The van der Waals surface area contributed by atoms with Crippen molar-refractivity contribution >= 4 is 69.7 Å². The Balaban J connectivity index is 1.72. The lowest BCUT2D eigenvalue weighted by atomic mass is 9.73. The van der Waals surface area contributed by atoms with E-state index in [1.165, 1.54) is 53.3 Å². The largest absolute Gasteiger partial charge is 0.461 e. The molecule has 0 saturated carbocycles. The Hall–Kier alpha value is -2.14. The number of esters is 1. The van der Waals surface area contributed by atoms with E-state index in [-0.39, 0.29) is 37.9 Å². The molecule has 1 unspecified atom stereocenters. The molecule has 3 aliphatic rings. The summed E-state index contributed by atoms with van der Waals surface area (Å²) in [6.07, 6.45) is -0.988. The van der Waals surface area contributed by atoms with E-state index in [0.29, 0.717) is 5.69 Å². The van der Waals surface area contributed by atoms with Gasteiger partial charge in [-0.15, -0.1) is 0 Å². The number of fused-ring (bicyclic) bond motifs is 4. The number of ether oxygens (including phenoxy) is 1. The molecule has 208 valence electrons. The molecule has 2 N–H and O–H groups in total. The number of nitrogens with zero attached hydrogens (tertiary/aromatic N) is 2. The van der Waals surface area contributed by atoms with Crippen LogP contribution in [0.15, 0.2) is 43.0 Å². The van der Waals surface area contributed by atoms with Gasteiger partial charge >= 0.3 is 5.97 Å². The van der Waals surface area contributed by atoms with Gasteiger partial charge in [-0.1, -0.05) is 59.1 Å². The minimum Gasteiger partial charge on any atom is -0.461 e. The molecular formula is C26H23Cl4F2N3O4. The van der Waals surface area contributed by atoms with Gasteiger partial charge < -0.3 is 20.1 Å². The average Bonchev–Trinajstić information content (AvgIpc) is 3.42. The molecule has 39 heavy (non-hydrogen) atoms. The number of carbonyl (C=O) groups excluding carboxylic acids is 2. The number of alkyl halides is 2. The smallest absolute Gasteiger partial charge is 0.312 e. The lowest BCUT2D eigenvalue weighted by molar-refractivity contribution is -0.158. The van der Waals surface area contributed by atoms with E-state index in [1.54, 1.807) is 0 Å². The fourth-order valence-corrected chi connectivity index (χ4v) is 7.34. The predicted octanol–water partition coefficient (Wildman–Crippen LogP) is 5.59. The number of carbonyl (C=O) groups is 2. The summed E-state index contributed by atoms with van der Waals surface area (Å²) in [6.45, 7) is 2.54. The quantitative estimate of drug-likeness (QED) is 0.335. The van der Waals surface area contributed by atoms with Crippen LogP contribution in [0.4, 0.5) is 20.2 Å². The monoisotopic (exact) mass is 619 g/mol. The first-order valence-electron chi connectivity index (χ1n) is 11.9. The van der Waals surface area contributed by atoms with Crippen LogP contribution < -0.4 is 10.2 Å². The topological polar surface area (TPSA) is 82.1 Å². The Morgan fingerprint density at radius 1 is 1.18 bits per heavy atom. The number of aliphatic hydroxyl groups excluding tert-OH is 1. The van der Waals surface area contributed by atoms with Crippen molar-refractivity contribution in [3.63, 3.8) is 0 Å². The van der Waals surface area contributed by atoms with Crippen LogP contribution in [0, 0.1) is 11.8 Å². The highest BCUT2D eigenvalue weighted by atomic mass is 35.5. The molecule has 2 fully saturated rings. The van der Waals surface area contributed by atoms with Gasteiger partial charge in [0.25, 0.3) is 5.92 Å². The van der Waals surface area contributed by atoms with Gasteiger partial charge in [0.2, 0.25) is 5.91 Å². The molecule has 0 radical (unpaired) electrons. The zero-order valence-corrected chi connectivity index (χ0v) is 23.5. The zero-order valence-electron chi connectivity index (χ0n) is 20.4. The summed E-state index contributed by atoms with van der Waals surface area (Å²) < 4.78 is 35.6. The van der Waals surface area contributed by atoms with Gasteiger partial charge in [-0.2, -0.15) is 0 Å². The molecule has 5 atom stereocenters. The van der Waals surface area contributed by atoms with E-state index in [0.717, 1.165) is 0 Å². The molecule has 0 aliphatic carbocycles. The van der Waals surface area contributed by atoms with Crippen LogP contribution in [0.3, 0.4) is 0 Å². The number of hydrogen-bond acceptors (Lipinski definition) is 6. The number of halogens is 6. The van der Waals surface area contributed by atoms with Crippen LogP contribution in [0.5, 0.6) is 0 Å². The minimum absolute atomic E-state index is 0.120. The summed E-state index contributed by atoms with van der Waals surface area (Å²) in [5, 5.41) is 15.1. The van der Waals surface area contributed by atoms with Crippen molar-refractivity contribution in [1.29, 1.82) is 0 Å². The Kier molecular flexibility index (Phi) is 7.31. The molecule has 2 saturated heterocycles. The van der Waals surface area contributed by atoms with Crippen LogP contribution >= 0.6 is 46.4 Å². The lowest BCUT2D eigenvalue weighted by Gasteiger charge is -2.41. The minimum atomic E-state index is -3.21. The van der Waals surface area contributed by atoms with E-state index in [2.05, 4.69) is 11.9 Å². The van der Waals surface area contributed by atoms with Crippen molar-refractivity contribution < 1.29 is 28.2 Å². The van der Waals surface area contributed by atoms with Gasteiger partial charge in [-0.25, -0.2) is 8.78 Å². The average molecular weight is 621 g/mol. The Labute approximate surface area is 243 Å². The number of rotatable bonds is 5. The second-order valence-electron chi connectivity index (χ2n) is 9.88. The molecule has 1 spiro atoms. The lowest BCUT2D eigenvalue weighted by Crippen LogP contribution is -2.56. The SMILES string of the molecule is C=CCOC(=O)[C@H]1[C@@H](C(=O)N(C)c2cc(Cl)cc(Cl)c2)[C@H]2CC(F)(F)CN2C12c1cc(Cl)cc(Cl)c1N[C@@H]2O. The second-order valence-corrected chi connectivity index (χ2v) is 11.6. The Bertz CT molecular complexity index is 1360. The zero-order chi connectivity index (χ0) is 28.4. The predicted molar refractivity (Wildman–Crippen MR) is 146 cm³/mol. The van der Waals surface area contributed by atoms with Crippen LogP contribution in [-0.2, 0) is 19.9 Å². The molecule has 5 rings (SSSR count). The van der Waals surface area contributed by atoms with E-state index < -0.39 is 60.4 Å². The molecule has 7 nitrogen and oxygen atoms in total. The molecule has 1 amide bonds. The summed E-state index contributed by atoms with van der Waals surface area (Å²) >= 11 is 25.0. The number of benzene rings is 2. The van der Waals surface area contributed by atoms with Crippen molar-refractivity contribution in [1.82, 2.24) is 4.90 Å². The fourth-order valence-electron chi connectivity index (χ4n) is 6.28. The highest BCUT2D eigenvalue weighted by molar-refractivity contribution is 6.37. The first-order chi connectivity index (χ1) is 18.3. The normalized spacial score (nSPS) is 28.6. The van der Waals surface area contributed by atoms with Gasteiger partial charge in [0.1, 0.15) is 18.4 Å². The van der Waals surface area contributed by atoms with Gasteiger partial charge in [-0.3, -0.25) is 14.5 Å². The van der Waals surface area contributed by atoms with Crippen LogP contribution in [0.25, 0.3) is 0 Å². The van der Waals surface area contributed by atoms with Crippen molar-refractivity contribution in [3.8, 4) is 0 Å². The number of amides is 1. The van der Waals surface area contributed by atoms with E-state index in [4.69, 9.17) is 51.1 Å². The third-order valence-corrected chi connectivity index (χ3v) is 8.62. The maximum Gasteiger partial charge on any atom is 0.312 e. The van der Waals surface area contributed by atoms with Crippen LogP contribution in [-0.4, -0.2) is 60.3 Å². The molecule has 3 aliphatic heterocycles. The molecule has 0 bridgehead atoms. The number of hydrogen-bond donors (Lipinski definition) is 2.